The lowest BCUT2D eigenvalue weighted by molar-refractivity contribution is -0.0256. The van der Waals surface area contributed by atoms with Crippen molar-refractivity contribution in [2.75, 3.05) is 13.7 Å². The molecule has 0 saturated heterocycles. The Balaban J connectivity index is 3.63. The predicted molar refractivity (Wildman–Crippen MR) is 54.3 cm³/mol. The molecular formula is C6H14Cl2NO3P. The van der Waals surface area contributed by atoms with E-state index in [1.54, 1.807) is 14.0 Å². The van der Waals surface area contributed by atoms with Gasteiger partial charge in [-0.1, -0.05) is 0 Å². The van der Waals surface area contributed by atoms with Crippen LogP contribution in [-0.4, -0.2) is 26.0 Å². The molecule has 0 aliphatic rings. The van der Waals surface area contributed by atoms with Gasteiger partial charge in [0.1, 0.15) is 6.23 Å². The molecule has 0 bridgehead atoms. The van der Waals surface area contributed by atoms with Gasteiger partial charge in [0, 0.05) is 0 Å². The van der Waals surface area contributed by atoms with E-state index >= 15 is 0 Å². The standard InChI is InChI=1S/C6H14Cl2NO3P/c1-5(12-6(2)9-3)4-11-13(7,8)10/h5-6,9H,4H2,1-3H3/t5-,6+/m0/s1. The summed E-state index contributed by atoms with van der Waals surface area (Å²) in [5, 5.41) is 2.88. The zero-order chi connectivity index (χ0) is 10.5. The lowest BCUT2D eigenvalue weighted by atomic mass is 10.4. The normalized spacial score (nSPS) is 17.0. The van der Waals surface area contributed by atoms with E-state index in [2.05, 4.69) is 9.84 Å². The van der Waals surface area contributed by atoms with Crippen LogP contribution in [0.2, 0.25) is 0 Å². The Morgan fingerprint density at radius 3 is 2.38 bits per heavy atom. The quantitative estimate of drug-likeness (QED) is 0.581. The number of nitrogens with one attached hydrogen (secondary N) is 1. The van der Waals surface area contributed by atoms with E-state index in [0.717, 1.165) is 0 Å². The zero-order valence-corrected chi connectivity index (χ0v) is 10.2. The third kappa shape index (κ3) is 9.01. The molecule has 0 unspecified atom stereocenters. The highest BCUT2D eigenvalue weighted by atomic mass is 35.9. The lowest BCUT2D eigenvalue weighted by Gasteiger charge is -2.18. The van der Waals surface area contributed by atoms with Crippen LogP contribution in [0.15, 0.2) is 0 Å². The average molecular weight is 250 g/mol. The SMILES string of the molecule is CN[C@@H](C)O[C@@H](C)COP(=O)(Cl)Cl. The van der Waals surface area contributed by atoms with Crippen molar-refractivity contribution in [3.05, 3.63) is 0 Å². The molecule has 4 nitrogen and oxygen atoms in total. The van der Waals surface area contributed by atoms with E-state index in [1.165, 1.54) is 0 Å². The Labute approximate surface area is 87.9 Å². The summed E-state index contributed by atoms with van der Waals surface area (Å²) in [7, 11) is 1.77. The van der Waals surface area contributed by atoms with Gasteiger partial charge in [-0.2, -0.15) is 0 Å². The number of hydrogen-bond donors (Lipinski definition) is 1. The van der Waals surface area contributed by atoms with Crippen LogP contribution in [0.4, 0.5) is 0 Å². The van der Waals surface area contributed by atoms with Gasteiger partial charge in [0.25, 0.3) is 0 Å². The van der Waals surface area contributed by atoms with Crippen LogP contribution in [0.25, 0.3) is 0 Å². The van der Waals surface area contributed by atoms with Gasteiger partial charge in [-0.05, 0) is 43.4 Å². The Bertz CT molecular complexity index is 187. The second-order valence-corrected chi connectivity index (χ2v) is 6.86. The molecule has 0 aromatic carbocycles. The zero-order valence-electron chi connectivity index (χ0n) is 7.79. The Morgan fingerprint density at radius 1 is 1.46 bits per heavy atom. The maximum absolute atomic E-state index is 10.7. The number of halogens is 2. The van der Waals surface area contributed by atoms with Gasteiger partial charge in [0.05, 0.1) is 12.7 Å². The minimum absolute atomic E-state index is 0.0939. The summed E-state index contributed by atoms with van der Waals surface area (Å²) in [6.45, 7) is 3.73. The smallest absolute Gasteiger partial charge is 0.358 e. The van der Waals surface area contributed by atoms with E-state index in [1.807, 2.05) is 6.92 Å². The minimum atomic E-state index is -3.43. The van der Waals surface area contributed by atoms with Gasteiger partial charge >= 0.3 is 6.07 Å². The second kappa shape index (κ2) is 6.23. The molecule has 2 atom stereocenters. The van der Waals surface area contributed by atoms with Crippen LogP contribution in [-0.2, 0) is 13.8 Å². The fourth-order valence-electron chi connectivity index (χ4n) is 0.648. The third-order valence-electron chi connectivity index (χ3n) is 1.30. The van der Waals surface area contributed by atoms with Crippen molar-refractivity contribution in [1.29, 1.82) is 0 Å². The van der Waals surface area contributed by atoms with Crippen molar-refractivity contribution >= 4 is 28.6 Å². The average Bonchev–Trinajstić information content (AvgIpc) is 1.99. The Hall–Kier alpha value is 0.690. The first-order valence-corrected chi connectivity index (χ1v) is 7.25. The van der Waals surface area contributed by atoms with E-state index in [0.29, 0.717) is 0 Å². The van der Waals surface area contributed by atoms with Crippen molar-refractivity contribution in [3.63, 3.8) is 0 Å². The van der Waals surface area contributed by atoms with Crippen molar-refractivity contribution in [3.8, 4) is 0 Å². The largest absolute Gasteiger partial charge is 0.380 e. The summed E-state index contributed by atoms with van der Waals surface area (Å²) in [5.74, 6) is 0. The van der Waals surface area contributed by atoms with Gasteiger partial charge in [-0.15, -0.1) is 0 Å². The van der Waals surface area contributed by atoms with Gasteiger partial charge in [0.2, 0.25) is 0 Å². The van der Waals surface area contributed by atoms with Crippen LogP contribution in [0.5, 0.6) is 0 Å². The Kier molecular flexibility index (Phi) is 6.56. The summed E-state index contributed by atoms with van der Waals surface area (Å²) in [5.41, 5.74) is 0. The van der Waals surface area contributed by atoms with Gasteiger partial charge in [-0.3, -0.25) is 9.88 Å². The maximum atomic E-state index is 10.7. The van der Waals surface area contributed by atoms with Crippen molar-refractivity contribution in [2.45, 2.75) is 26.2 Å². The molecule has 13 heavy (non-hydrogen) atoms. The molecule has 0 amide bonds. The van der Waals surface area contributed by atoms with Crippen LogP contribution in [0, 0.1) is 0 Å². The van der Waals surface area contributed by atoms with Gasteiger partial charge < -0.3 is 9.26 Å². The lowest BCUT2D eigenvalue weighted by Crippen LogP contribution is -2.30. The van der Waals surface area contributed by atoms with E-state index in [9.17, 15) is 4.57 Å². The molecule has 0 rings (SSSR count). The van der Waals surface area contributed by atoms with Crippen molar-refractivity contribution in [2.24, 2.45) is 0 Å². The fourth-order valence-corrected chi connectivity index (χ4v) is 1.37. The number of hydrogen-bond acceptors (Lipinski definition) is 4. The van der Waals surface area contributed by atoms with Crippen molar-refractivity contribution in [1.82, 2.24) is 5.32 Å². The van der Waals surface area contributed by atoms with Gasteiger partial charge in [-0.25, -0.2) is 0 Å². The number of rotatable bonds is 6. The molecule has 0 aromatic heterocycles. The maximum Gasteiger partial charge on any atom is 0.380 e. The van der Waals surface area contributed by atoms with Crippen LogP contribution in [0.1, 0.15) is 13.8 Å². The monoisotopic (exact) mass is 249 g/mol. The molecule has 0 saturated carbocycles. The Morgan fingerprint density at radius 2 is 2.00 bits per heavy atom. The highest BCUT2D eigenvalue weighted by Crippen LogP contribution is 2.57. The van der Waals surface area contributed by atoms with Crippen LogP contribution in [0.3, 0.4) is 0 Å². The van der Waals surface area contributed by atoms with E-state index < -0.39 is 6.07 Å². The second-order valence-electron chi connectivity index (χ2n) is 2.59. The summed E-state index contributed by atoms with van der Waals surface area (Å²) in [4.78, 5) is 0. The summed E-state index contributed by atoms with van der Waals surface area (Å²) >= 11 is 10.4. The minimum Gasteiger partial charge on any atom is -0.358 e. The molecule has 0 aliphatic heterocycles. The first kappa shape index (κ1) is 13.7. The molecule has 0 aromatic rings. The molecule has 1 N–H and O–H groups in total. The third-order valence-corrected chi connectivity index (χ3v) is 2.34. The van der Waals surface area contributed by atoms with Crippen LogP contribution >= 0.6 is 28.6 Å². The fraction of sp³-hybridized carbons (Fsp3) is 1.00. The first-order chi connectivity index (χ1) is 5.85. The molecule has 80 valence electrons. The summed E-state index contributed by atoms with van der Waals surface area (Å²) in [6, 6.07) is 0. The molecule has 0 spiro atoms. The molecule has 0 fully saturated rings. The highest BCUT2D eigenvalue weighted by Gasteiger charge is 2.17. The molecule has 0 radical (unpaired) electrons. The summed E-state index contributed by atoms with van der Waals surface area (Å²) < 4.78 is 20.7. The van der Waals surface area contributed by atoms with Crippen molar-refractivity contribution < 1.29 is 13.8 Å². The van der Waals surface area contributed by atoms with Gasteiger partial charge in [0.15, 0.2) is 0 Å². The summed E-state index contributed by atoms with van der Waals surface area (Å²) in [6.07, 6.45) is -3.74. The topological polar surface area (TPSA) is 47.6 Å². The molecular weight excluding hydrogens is 236 g/mol. The van der Waals surface area contributed by atoms with E-state index in [-0.39, 0.29) is 18.9 Å². The predicted octanol–water partition coefficient (Wildman–Crippen LogP) is 2.56. The molecule has 0 heterocycles. The highest BCUT2D eigenvalue weighted by molar-refractivity contribution is 8.05. The first-order valence-electron chi connectivity index (χ1n) is 3.81. The van der Waals surface area contributed by atoms with E-state index in [4.69, 9.17) is 27.2 Å². The molecule has 0 aliphatic carbocycles. The molecule has 7 heteroatoms. The van der Waals surface area contributed by atoms with Crippen LogP contribution < -0.4 is 5.32 Å². The number of ether oxygens (including phenoxy) is 1.